The van der Waals surface area contributed by atoms with Gasteiger partial charge in [-0.2, -0.15) is 0 Å². The molecule has 2 heterocycles. The maximum absolute atomic E-state index is 6.35. The molecule has 324 valence electrons. The summed E-state index contributed by atoms with van der Waals surface area (Å²) in [7, 11) is 0. The molecule has 0 amide bonds. The number of para-hydroxylation sites is 1. The summed E-state index contributed by atoms with van der Waals surface area (Å²) in [6, 6.07) is 57.0. The van der Waals surface area contributed by atoms with Gasteiger partial charge in [0.2, 0.25) is 0 Å². The highest BCUT2D eigenvalue weighted by Crippen LogP contribution is 2.45. The van der Waals surface area contributed by atoms with Gasteiger partial charge in [0.05, 0.1) is 17.1 Å². The molecule has 0 unspecified atom stereocenters. The Balaban J connectivity index is 1.40. The largest absolute Gasteiger partial charge is 0.457 e. The number of allylic oxidation sites excluding steroid dienone is 2. The lowest BCUT2D eigenvalue weighted by Crippen LogP contribution is -2.11. The van der Waals surface area contributed by atoms with Crippen molar-refractivity contribution in [2.24, 2.45) is 4.99 Å². The van der Waals surface area contributed by atoms with E-state index in [4.69, 9.17) is 9.73 Å². The summed E-state index contributed by atoms with van der Waals surface area (Å²) < 4.78 is 6.35. The Bertz CT molecular complexity index is 2840. The molecule has 0 radical (unpaired) electrons. The highest BCUT2D eigenvalue weighted by atomic mass is 16.5. The van der Waals surface area contributed by atoms with Crippen molar-refractivity contribution in [1.82, 2.24) is 4.98 Å². The van der Waals surface area contributed by atoms with E-state index in [1.165, 1.54) is 22.3 Å². The van der Waals surface area contributed by atoms with Crippen LogP contribution in [0.15, 0.2) is 174 Å². The van der Waals surface area contributed by atoms with Crippen molar-refractivity contribution in [3.05, 3.63) is 214 Å². The molecule has 1 N–H and O–H groups in total. The molecule has 1 aliphatic rings. The van der Waals surface area contributed by atoms with E-state index in [0.29, 0.717) is 0 Å². The fourth-order valence-electron chi connectivity index (χ4n) is 8.32. The maximum atomic E-state index is 6.35. The van der Waals surface area contributed by atoms with Crippen molar-refractivity contribution >= 4 is 16.9 Å². The number of nitrogens with zero attached hydrogens (tertiary/aromatic N) is 1. The number of H-pyrrole nitrogens is 1. The molecule has 8 rings (SSSR count). The van der Waals surface area contributed by atoms with Crippen LogP contribution in [0.5, 0.6) is 11.5 Å². The Morgan fingerprint density at radius 3 is 1.33 bits per heavy atom. The first-order valence-electron chi connectivity index (χ1n) is 22.8. The SMILES string of the molecule is CC(C)(C)c1ccc(C2=CC(c3ccc(C(C)(C)C)cc3)=N/C2=C(/c2ccc(Oc3ccccc3)cc2)c2[nH]c(-c3ccc(C(C)(C)C)cc3)cc2-c2ccc(C(C)(C)C)cc2)cc1. The van der Waals surface area contributed by atoms with Crippen LogP contribution in [0.4, 0.5) is 0 Å². The van der Waals surface area contributed by atoms with Crippen molar-refractivity contribution in [3.8, 4) is 33.9 Å². The van der Waals surface area contributed by atoms with Gasteiger partial charge in [0.1, 0.15) is 11.5 Å². The van der Waals surface area contributed by atoms with Gasteiger partial charge >= 0.3 is 0 Å². The molecular weight excluding hydrogens is 777 g/mol. The van der Waals surface area contributed by atoms with Crippen LogP contribution in [-0.4, -0.2) is 10.7 Å². The highest BCUT2D eigenvalue weighted by Gasteiger charge is 2.28. The Labute approximate surface area is 382 Å². The summed E-state index contributed by atoms with van der Waals surface area (Å²) in [6.07, 6.45) is 2.28. The van der Waals surface area contributed by atoms with Crippen molar-refractivity contribution in [3.63, 3.8) is 0 Å². The van der Waals surface area contributed by atoms with Crippen LogP contribution in [0.2, 0.25) is 0 Å². The predicted molar refractivity (Wildman–Crippen MR) is 273 cm³/mol. The molecule has 0 bridgehead atoms. The molecule has 0 fully saturated rings. The minimum absolute atomic E-state index is 0.0234. The maximum Gasteiger partial charge on any atom is 0.127 e. The molecule has 1 aliphatic heterocycles. The lowest BCUT2D eigenvalue weighted by Gasteiger charge is -2.20. The topological polar surface area (TPSA) is 37.4 Å². The van der Waals surface area contributed by atoms with Gasteiger partial charge in [0, 0.05) is 28.0 Å². The van der Waals surface area contributed by atoms with E-state index in [9.17, 15) is 0 Å². The van der Waals surface area contributed by atoms with Crippen LogP contribution >= 0.6 is 0 Å². The number of hydrogen-bond donors (Lipinski definition) is 1. The van der Waals surface area contributed by atoms with Gasteiger partial charge in [-0.15, -0.1) is 0 Å². The van der Waals surface area contributed by atoms with Gasteiger partial charge in [-0.05, 0) is 103 Å². The van der Waals surface area contributed by atoms with E-state index < -0.39 is 0 Å². The Morgan fingerprint density at radius 2 is 0.859 bits per heavy atom. The van der Waals surface area contributed by atoms with Crippen molar-refractivity contribution in [2.75, 3.05) is 0 Å². The molecule has 3 nitrogen and oxygen atoms in total. The molecular formula is C61H64N2O. The molecule has 0 aliphatic carbocycles. The van der Waals surface area contributed by atoms with Crippen molar-refractivity contribution in [2.45, 2.75) is 105 Å². The molecule has 0 saturated carbocycles. The fourth-order valence-corrected chi connectivity index (χ4v) is 8.32. The van der Waals surface area contributed by atoms with Crippen molar-refractivity contribution < 1.29 is 4.74 Å². The number of nitrogens with one attached hydrogen (secondary N) is 1. The third-order valence-corrected chi connectivity index (χ3v) is 12.4. The van der Waals surface area contributed by atoms with Gasteiger partial charge in [0.15, 0.2) is 0 Å². The first-order valence-corrected chi connectivity index (χ1v) is 22.8. The number of hydrogen-bond acceptors (Lipinski definition) is 2. The van der Waals surface area contributed by atoms with Gasteiger partial charge in [-0.25, -0.2) is 4.99 Å². The summed E-state index contributed by atoms with van der Waals surface area (Å²) in [4.78, 5) is 9.70. The molecule has 6 aromatic carbocycles. The van der Waals surface area contributed by atoms with Crippen LogP contribution in [0, 0.1) is 0 Å². The van der Waals surface area contributed by atoms with Gasteiger partial charge < -0.3 is 9.72 Å². The lowest BCUT2D eigenvalue weighted by molar-refractivity contribution is 0.482. The second kappa shape index (κ2) is 16.9. The smallest absolute Gasteiger partial charge is 0.127 e. The molecule has 3 heteroatoms. The van der Waals surface area contributed by atoms with Crippen molar-refractivity contribution in [1.29, 1.82) is 0 Å². The van der Waals surface area contributed by atoms with Crippen LogP contribution in [0.25, 0.3) is 33.5 Å². The number of ether oxygens (including phenoxy) is 1. The third kappa shape index (κ3) is 9.55. The molecule has 0 saturated heterocycles. The minimum atomic E-state index is 0.0234. The van der Waals surface area contributed by atoms with Crippen LogP contribution < -0.4 is 4.74 Å². The third-order valence-electron chi connectivity index (χ3n) is 12.4. The Morgan fingerprint density at radius 1 is 0.438 bits per heavy atom. The minimum Gasteiger partial charge on any atom is -0.457 e. The quantitative estimate of drug-likeness (QED) is 0.163. The van der Waals surface area contributed by atoms with Crippen LogP contribution in [0.1, 0.15) is 128 Å². The van der Waals surface area contributed by atoms with Gasteiger partial charge in [-0.1, -0.05) is 210 Å². The summed E-state index contributed by atoms with van der Waals surface area (Å²) in [5.74, 6) is 1.57. The standard InChI is InChI=1S/C61H64N2O/c1-58(2,3)45-28-18-40(19-29-45)51-38-53(42-22-32-47(33-23-42)60(7,8)9)62-56(51)55(44-26-36-50(37-27-44)64-49-16-14-13-15-17-49)57-52(41-20-30-46(31-21-41)59(4,5)6)39-54(63-57)43-24-34-48(35-25-43)61(10,11)12/h13-39,62H,1-12H3/b57-55-. The number of rotatable bonds is 8. The number of aromatic amines is 1. The van der Waals surface area contributed by atoms with Gasteiger partial charge in [-0.3, -0.25) is 0 Å². The zero-order chi connectivity index (χ0) is 45.6. The van der Waals surface area contributed by atoms with E-state index in [1.54, 1.807) is 0 Å². The van der Waals surface area contributed by atoms with E-state index in [2.05, 4.69) is 222 Å². The predicted octanol–water partition coefficient (Wildman–Crippen LogP) is 16.7. The van der Waals surface area contributed by atoms with E-state index in [-0.39, 0.29) is 21.7 Å². The molecule has 7 aromatic rings. The summed E-state index contributed by atoms with van der Waals surface area (Å²) in [5, 5.41) is 0. The first kappa shape index (κ1) is 44.2. The van der Waals surface area contributed by atoms with Crippen LogP contribution in [-0.2, 0) is 21.7 Å². The highest BCUT2D eigenvalue weighted by molar-refractivity contribution is 6.20. The molecule has 1 aromatic heterocycles. The number of benzene rings is 6. The summed E-state index contributed by atoms with van der Waals surface area (Å²) in [6.45, 7) is 27.2. The first-order chi connectivity index (χ1) is 30.2. The van der Waals surface area contributed by atoms with Gasteiger partial charge in [0.25, 0.3) is 0 Å². The monoisotopic (exact) mass is 841 g/mol. The zero-order valence-corrected chi connectivity index (χ0v) is 39.9. The van der Waals surface area contributed by atoms with E-state index in [0.717, 1.165) is 78.8 Å². The van der Waals surface area contributed by atoms with E-state index in [1.807, 2.05) is 30.3 Å². The fraction of sp³-hybridized carbons (Fsp3) is 0.262. The van der Waals surface area contributed by atoms with Crippen LogP contribution in [0.3, 0.4) is 0 Å². The summed E-state index contributed by atoms with van der Waals surface area (Å²) in [5.41, 5.74) is 18.0. The number of aromatic nitrogens is 1. The Hall–Kier alpha value is -6.45. The Kier molecular flexibility index (Phi) is 11.7. The average Bonchev–Trinajstić information content (AvgIpc) is 3.90. The lowest BCUT2D eigenvalue weighted by atomic mass is 9.85. The second-order valence-electron chi connectivity index (χ2n) is 21.5. The number of aliphatic imine (C=N–C) groups is 1. The average molecular weight is 841 g/mol. The molecule has 0 atom stereocenters. The zero-order valence-electron chi connectivity index (χ0n) is 39.9. The molecule has 0 spiro atoms. The molecule has 64 heavy (non-hydrogen) atoms. The van der Waals surface area contributed by atoms with E-state index >= 15 is 0 Å². The normalized spacial score (nSPS) is 14.3. The second-order valence-corrected chi connectivity index (χ2v) is 21.5. The summed E-state index contributed by atoms with van der Waals surface area (Å²) >= 11 is 0.